The van der Waals surface area contributed by atoms with Crippen LogP contribution in [-0.2, 0) is 19.1 Å². The Morgan fingerprint density at radius 2 is 1.74 bits per heavy atom. The first-order valence-electron chi connectivity index (χ1n) is 7.34. The molecule has 0 aromatic carbocycles. The van der Waals surface area contributed by atoms with Crippen LogP contribution in [0.25, 0.3) is 0 Å². The van der Waals surface area contributed by atoms with E-state index in [-0.39, 0.29) is 12.1 Å². The number of hydrogen-bond acceptors (Lipinski definition) is 4. The minimum atomic E-state index is -0.174. The number of rotatable bonds is 12. The summed E-state index contributed by atoms with van der Waals surface area (Å²) in [5.41, 5.74) is 0. The zero-order chi connectivity index (χ0) is 14.5. The Morgan fingerprint density at radius 1 is 1.11 bits per heavy atom. The van der Waals surface area contributed by atoms with Gasteiger partial charge in [-0.3, -0.25) is 9.59 Å². The van der Waals surface area contributed by atoms with Gasteiger partial charge in [-0.15, -0.1) is 0 Å². The summed E-state index contributed by atoms with van der Waals surface area (Å²) in [4.78, 5) is 21.6. The predicted octanol–water partition coefficient (Wildman–Crippen LogP) is 3.48. The van der Waals surface area contributed by atoms with E-state index in [1.807, 2.05) is 0 Å². The summed E-state index contributed by atoms with van der Waals surface area (Å²) >= 11 is 0. The fourth-order valence-corrected chi connectivity index (χ4v) is 1.99. The highest BCUT2D eigenvalue weighted by Gasteiger charge is 2.11. The van der Waals surface area contributed by atoms with Gasteiger partial charge in [0.15, 0.2) is 0 Å². The highest BCUT2D eigenvalue weighted by molar-refractivity contribution is 5.69. The molecule has 0 radical (unpaired) electrons. The minimum absolute atomic E-state index is 0.0564. The molecular weight excluding hydrogens is 244 g/mol. The molecule has 0 bridgehead atoms. The molecule has 0 aliphatic heterocycles. The molecule has 0 heterocycles. The van der Waals surface area contributed by atoms with Crippen molar-refractivity contribution < 1.29 is 19.1 Å². The first kappa shape index (κ1) is 17.9. The molecule has 4 nitrogen and oxygen atoms in total. The summed E-state index contributed by atoms with van der Waals surface area (Å²) in [6, 6.07) is 0. The highest BCUT2D eigenvalue weighted by atomic mass is 16.5. The molecule has 0 aromatic rings. The van der Waals surface area contributed by atoms with Crippen LogP contribution in [-0.4, -0.2) is 25.2 Å². The van der Waals surface area contributed by atoms with Gasteiger partial charge in [0.2, 0.25) is 0 Å². The van der Waals surface area contributed by atoms with Gasteiger partial charge >= 0.3 is 5.97 Å². The maximum absolute atomic E-state index is 11.2. The molecule has 19 heavy (non-hydrogen) atoms. The van der Waals surface area contributed by atoms with Crippen LogP contribution in [0.5, 0.6) is 0 Å². The van der Waals surface area contributed by atoms with Crippen molar-refractivity contribution in [1.82, 2.24) is 0 Å². The van der Waals surface area contributed by atoms with E-state index in [1.165, 1.54) is 6.42 Å². The van der Waals surface area contributed by atoms with Crippen LogP contribution in [0.2, 0.25) is 0 Å². The molecule has 0 fully saturated rings. The summed E-state index contributed by atoms with van der Waals surface area (Å²) in [6.07, 6.45) is 6.10. The lowest BCUT2D eigenvalue weighted by molar-refractivity contribution is -0.143. The lowest BCUT2D eigenvalue weighted by Gasteiger charge is -2.15. The average Bonchev–Trinajstić information content (AvgIpc) is 2.34. The van der Waals surface area contributed by atoms with Gasteiger partial charge in [-0.05, 0) is 38.5 Å². The van der Waals surface area contributed by atoms with Crippen LogP contribution in [0.1, 0.15) is 65.7 Å². The second-order valence-electron chi connectivity index (χ2n) is 5.23. The largest absolute Gasteiger partial charge is 0.466 e. The van der Waals surface area contributed by atoms with Gasteiger partial charge in [0.1, 0.15) is 6.10 Å². The molecule has 0 aromatic heterocycles. The van der Waals surface area contributed by atoms with Gasteiger partial charge in [-0.1, -0.05) is 26.7 Å². The molecular formula is C15H28O4. The Labute approximate surface area is 116 Å². The van der Waals surface area contributed by atoms with E-state index >= 15 is 0 Å². The highest BCUT2D eigenvalue weighted by Crippen LogP contribution is 2.15. The third-order valence-corrected chi connectivity index (χ3v) is 3.02. The molecule has 1 atom stereocenters. The number of carbonyl (C=O) groups is 2. The van der Waals surface area contributed by atoms with Gasteiger partial charge < -0.3 is 9.47 Å². The quantitative estimate of drug-likeness (QED) is 0.310. The van der Waals surface area contributed by atoms with Crippen molar-refractivity contribution in [3.8, 4) is 0 Å². The molecule has 0 rings (SSSR count). The number of esters is 1. The molecule has 0 N–H and O–H groups in total. The van der Waals surface area contributed by atoms with Crippen molar-refractivity contribution in [2.75, 3.05) is 6.61 Å². The van der Waals surface area contributed by atoms with Crippen LogP contribution in [0.4, 0.5) is 0 Å². The summed E-state index contributed by atoms with van der Waals surface area (Å²) in [7, 11) is 0. The zero-order valence-corrected chi connectivity index (χ0v) is 12.5. The van der Waals surface area contributed by atoms with Crippen LogP contribution in [0, 0.1) is 5.92 Å². The molecule has 112 valence electrons. The summed E-state index contributed by atoms with van der Waals surface area (Å²) < 4.78 is 9.92. The smallest absolute Gasteiger partial charge is 0.305 e. The van der Waals surface area contributed by atoms with Gasteiger partial charge in [0, 0.05) is 6.42 Å². The van der Waals surface area contributed by atoms with E-state index in [4.69, 9.17) is 9.47 Å². The molecule has 4 heteroatoms. The number of ether oxygens (including phenoxy) is 2. The predicted molar refractivity (Wildman–Crippen MR) is 74.7 cm³/mol. The van der Waals surface area contributed by atoms with Crippen molar-refractivity contribution in [3.05, 3.63) is 0 Å². The Morgan fingerprint density at radius 3 is 2.32 bits per heavy atom. The Kier molecular flexibility index (Phi) is 11.3. The topological polar surface area (TPSA) is 52.6 Å². The second-order valence-corrected chi connectivity index (χ2v) is 5.23. The van der Waals surface area contributed by atoms with Crippen molar-refractivity contribution >= 4 is 12.4 Å². The zero-order valence-electron chi connectivity index (χ0n) is 12.5. The fraction of sp³-hybridized carbons (Fsp3) is 0.867. The number of unbranched alkanes of at least 4 members (excludes halogenated alkanes) is 1. The van der Waals surface area contributed by atoms with E-state index in [2.05, 4.69) is 13.8 Å². The molecule has 0 aliphatic rings. The molecule has 0 amide bonds. The van der Waals surface area contributed by atoms with E-state index in [0.717, 1.165) is 25.7 Å². The molecule has 0 aliphatic carbocycles. The monoisotopic (exact) mass is 272 g/mol. The lowest BCUT2D eigenvalue weighted by atomic mass is 10.0. The Balaban J connectivity index is 3.72. The molecule has 0 saturated heterocycles. The van der Waals surface area contributed by atoms with Crippen molar-refractivity contribution in [1.29, 1.82) is 0 Å². The normalized spacial score (nSPS) is 12.2. The van der Waals surface area contributed by atoms with Crippen LogP contribution in [0.3, 0.4) is 0 Å². The number of hydrogen-bond donors (Lipinski definition) is 0. The van der Waals surface area contributed by atoms with Crippen molar-refractivity contribution in [2.24, 2.45) is 5.92 Å². The van der Waals surface area contributed by atoms with Crippen molar-refractivity contribution in [2.45, 2.75) is 71.8 Å². The van der Waals surface area contributed by atoms with E-state index in [1.54, 1.807) is 6.92 Å². The Hall–Kier alpha value is -1.06. The maximum atomic E-state index is 11.2. The van der Waals surface area contributed by atoms with E-state index in [9.17, 15) is 9.59 Å². The van der Waals surface area contributed by atoms with Crippen LogP contribution < -0.4 is 0 Å². The first-order chi connectivity index (χ1) is 9.10. The third-order valence-electron chi connectivity index (χ3n) is 3.02. The first-order valence-corrected chi connectivity index (χ1v) is 7.34. The molecule has 0 saturated carbocycles. The summed E-state index contributed by atoms with van der Waals surface area (Å²) in [5, 5.41) is 0. The maximum Gasteiger partial charge on any atom is 0.305 e. The summed E-state index contributed by atoms with van der Waals surface area (Å²) in [5.74, 6) is 0.543. The van der Waals surface area contributed by atoms with Crippen molar-refractivity contribution in [3.63, 3.8) is 0 Å². The van der Waals surface area contributed by atoms with E-state index < -0.39 is 0 Å². The standard InChI is InChI=1S/C15H28O4/c1-4-18-15(17)11-7-10-14(19-12-16)9-6-5-8-13(2)3/h12-14H,4-11H2,1-3H3. The SMILES string of the molecule is CCOC(=O)CCCC(CCCCC(C)C)OC=O. The average molecular weight is 272 g/mol. The third kappa shape index (κ3) is 11.7. The van der Waals surface area contributed by atoms with E-state index in [0.29, 0.717) is 31.8 Å². The minimum Gasteiger partial charge on any atom is -0.466 e. The fourth-order valence-electron chi connectivity index (χ4n) is 1.99. The van der Waals surface area contributed by atoms with Crippen LogP contribution in [0.15, 0.2) is 0 Å². The van der Waals surface area contributed by atoms with Gasteiger partial charge in [0.25, 0.3) is 6.47 Å². The second kappa shape index (κ2) is 12.0. The van der Waals surface area contributed by atoms with Gasteiger partial charge in [0.05, 0.1) is 6.61 Å². The summed E-state index contributed by atoms with van der Waals surface area (Å²) in [6.45, 7) is 7.14. The van der Waals surface area contributed by atoms with Crippen LogP contribution >= 0.6 is 0 Å². The lowest BCUT2D eigenvalue weighted by Crippen LogP contribution is -2.13. The molecule has 0 spiro atoms. The van der Waals surface area contributed by atoms with Gasteiger partial charge in [-0.2, -0.15) is 0 Å². The van der Waals surface area contributed by atoms with Gasteiger partial charge in [-0.25, -0.2) is 0 Å². The molecule has 1 unspecified atom stereocenters. The Bertz CT molecular complexity index is 238. The number of carbonyl (C=O) groups excluding carboxylic acids is 2.